The van der Waals surface area contributed by atoms with Gasteiger partial charge < -0.3 is 10.2 Å². The summed E-state index contributed by atoms with van der Waals surface area (Å²) in [4.78, 5) is 15.2. The summed E-state index contributed by atoms with van der Waals surface area (Å²) in [5.41, 5.74) is -0.0813. The molecule has 0 spiro atoms. The average molecular weight is 282 g/mol. The average Bonchev–Trinajstić information content (AvgIpc) is 2.49. The van der Waals surface area contributed by atoms with Crippen LogP contribution in [0.2, 0.25) is 0 Å². The van der Waals surface area contributed by atoms with Crippen LogP contribution in [0.25, 0.3) is 0 Å². The van der Waals surface area contributed by atoms with Crippen LogP contribution >= 0.6 is 0 Å². The van der Waals surface area contributed by atoms with Crippen molar-refractivity contribution in [3.63, 3.8) is 0 Å². The van der Waals surface area contributed by atoms with Crippen molar-refractivity contribution in [2.75, 3.05) is 26.2 Å². The van der Waals surface area contributed by atoms with Gasteiger partial charge in [0, 0.05) is 13.1 Å². The molecule has 1 N–H and O–H groups in total. The molecule has 1 fully saturated rings. The minimum absolute atomic E-state index is 0.0813. The molecular formula is C17H34N2O. The number of nitrogens with zero attached hydrogens (tertiary/aromatic N) is 1. The predicted octanol–water partition coefficient (Wildman–Crippen LogP) is 3.44. The molecule has 3 nitrogen and oxygen atoms in total. The van der Waals surface area contributed by atoms with Crippen molar-refractivity contribution in [2.45, 2.75) is 66.2 Å². The number of hydrogen-bond acceptors (Lipinski definition) is 2. The Morgan fingerprint density at radius 1 is 1.15 bits per heavy atom. The fourth-order valence-electron chi connectivity index (χ4n) is 3.50. The van der Waals surface area contributed by atoms with E-state index in [0.717, 1.165) is 51.9 Å². The first kappa shape index (κ1) is 17.5. The van der Waals surface area contributed by atoms with Gasteiger partial charge in [-0.15, -0.1) is 0 Å². The second kappa shape index (κ2) is 8.66. The Morgan fingerprint density at radius 2 is 1.75 bits per heavy atom. The Labute approximate surface area is 125 Å². The van der Waals surface area contributed by atoms with Crippen molar-refractivity contribution in [3.05, 3.63) is 0 Å². The maximum atomic E-state index is 13.1. The lowest BCUT2D eigenvalue weighted by Gasteiger charge is -2.40. The quantitative estimate of drug-likeness (QED) is 0.739. The number of hydrogen-bond donors (Lipinski definition) is 1. The SMILES string of the molecule is CCCC1(C(=O)N(CC)CC(CC)CC)CCNCC1. The minimum atomic E-state index is -0.0813. The molecule has 118 valence electrons. The molecule has 1 amide bonds. The zero-order valence-electron chi connectivity index (χ0n) is 14.0. The van der Waals surface area contributed by atoms with Crippen LogP contribution in [0.3, 0.4) is 0 Å². The van der Waals surface area contributed by atoms with Gasteiger partial charge in [0.05, 0.1) is 5.41 Å². The van der Waals surface area contributed by atoms with Gasteiger partial charge in [0.25, 0.3) is 0 Å². The normalized spacial score (nSPS) is 18.2. The van der Waals surface area contributed by atoms with Crippen LogP contribution in [0.15, 0.2) is 0 Å². The molecule has 0 aromatic heterocycles. The summed E-state index contributed by atoms with van der Waals surface area (Å²) in [6, 6.07) is 0. The van der Waals surface area contributed by atoms with Crippen LogP contribution in [0.5, 0.6) is 0 Å². The molecular weight excluding hydrogens is 248 g/mol. The van der Waals surface area contributed by atoms with Gasteiger partial charge in [-0.3, -0.25) is 4.79 Å². The van der Waals surface area contributed by atoms with Crippen LogP contribution in [0.1, 0.15) is 66.2 Å². The summed E-state index contributed by atoms with van der Waals surface area (Å²) >= 11 is 0. The van der Waals surface area contributed by atoms with E-state index < -0.39 is 0 Å². The molecule has 0 atom stereocenters. The zero-order valence-corrected chi connectivity index (χ0v) is 14.0. The molecule has 1 aliphatic rings. The Kier molecular flexibility index (Phi) is 7.57. The highest BCUT2D eigenvalue weighted by atomic mass is 16.2. The molecule has 1 aliphatic heterocycles. The molecule has 0 unspecified atom stereocenters. The van der Waals surface area contributed by atoms with Crippen LogP contribution in [0.4, 0.5) is 0 Å². The molecule has 1 rings (SSSR count). The van der Waals surface area contributed by atoms with E-state index in [-0.39, 0.29) is 5.41 Å². The van der Waals surface area contributed by atoms with Crippen molar-refractivity contribution in [3.8, 4) is 0 Å². The van der Waals surface area contributed by atoms with E-state index in [1.54, 1.807) is 0 Å². The largest absolute Gasteiger partial charge is 0.342 e. The first-order valence-corrected chi connectivity index (χ1v) is 8.63. The Morgan fingerprint density at radius 3 is 2.20 bits per heavy atom. The van der Waals surface area contributed by atoms with E-state index in [9.17, 15) is 4.79 Å². The molecule has 1 saturated heterocycles. The third kappa shape index (κ3) is 4.21. The third-order valence-corrected chi connectivity index (χ3v) is 5.05. The number of amides is 1. The highest BCUT2D eigenvalue weighted by Crippen LogP contribution is 2.36. The van der Waals surface area contributed by atoms with E-state index >= 15 is 0 Å². The minimum Gasteiger partial charge on any atom is -0.342 e. The van der Waals surface area contributed by atoms with E-state index in [1.807, 2.05) is 0 Å². The highest BCUT2D eigenvalue weighted by Gasteiger charge is 2.40. The third-order valence-electron chi connectivity index (χ3n) is 5.05. The number of carbonyl (C=O) groups excluding carboxylic acids is 1. The van der Waals surface area contributed by atoms with Crippen molar-refractivity contribution >= 4 is 5.91 Å². The summed E-state index contributed by atoms with van der Waals surface area (Å²) in [6.45, 7) is 12.6. The summed E-state index contributed by atoms with van der Waals surface area (Å²) in [7, 11) is 0. The predicted molar refractivity (Wildman–Crippen MR) is 85.8 cm³/mol. The van der Waals surface area contributed by atoms with Gasteiger partial charge in [0.2, 0.25) is 5.91 Å². The van der Waals surface area contributed by atoms with Gasteiger partial charge >= 0.3 is 0 Å². The second-order valence-corrected chi connectivity index (χ2v) is 6.31. The smallest absolute Gasteiger partial charge is 0.228 e. The van der Waals surface area contributed by atoms with Crippen molar-refractivity contribution < 1.29 is 4.79 Å². The standard InChI is InChI=1S/C17H34N2O/c1-5-9-17(10-12-18-13-11-17)16(20)19(8-4)14-15(6-2)7-3/h15,18H,5-14H2,1-4H3. The second-order valence-electron chi connectivity index (χ2n) is 6.31. The van der Waals surface area contributed by atoms with Gasteiger partial charge in [0.1, 0.15) is 0 Å². The summed E-state index contributed by atoms with van der Waals surface area (Å²) in [5.74, 6) is 1.08. The molecule has 0 aromatic carbocycles. The fraction of sp³-hybridized carbons (Fsp3) is 0.941. The van der Waals surface area contributed by atoms with Crippen LogP contribution in [-0.2, 0) is 4.79 Å². The Hall–Kier alpha value is -0.570. The summed E-state index contributed by atoms with van der Waals surface area (Å²) in [5, 5.41) is 3.40. The highest BCUT2D eigenvalue weighted by molar-refractivity contribution is 5.83. The van der Waals surface area contributed by atoms with Crippen LogP contribution < -0.4 is 5.32 Å². The molecule has 0 aliphatic carbocycles. The summed E-state index contributed by atoms with van der Waals surface area (Å²) in [6.07, 6.45) is 6.52. The Bertz CT molecular complexity index is 275. The monoisotopic (exact) mass is 282 g/mol. The Balaban J connectivity index is 2.79. The van der Waals surface area contributed by atoms with Crippen molar-refractivity contribution in [1.82, 2.24) is 10.2 Å². The molecule has 0 aromatic rings. The number of nitrogens with one attached hydrogen (secondary N) is 1. The lowest BCUT2D eigenvalue weighted by Crippen LogP contribution is -2.50. The molecule has 0 bridgehead atoms. The van der Waals surface area contributed by atoms with Crippen LogP contribution in [-0.4, -0.2) is 37.0 Å². The maximum Gasteiger partial charge on any atom is 0.228 e. The van der Waals surface area contributed by atoms with Gasteiger partial charge in [-0.25, -0.2) is 0 Å². The van der Waals surface area contributed by atoms with Gasteiger partial charge in [-0.1, -0.05) is 40.0 Å². The topological polar surface area (TPSA) is 32.3 Å². The van der Waals surface area contributed by atoms with E-state index in [2.05, 4.69) is 37.9 Å². The molecule has 0 radical (unpaired) electrons. The lowest BCUT2D eigenvalue weighted by atomic mass is 9.74. The molecule has 0 saturated carbocycles. The van der Waals surface area contributed by atoms with E-state index in [4.69, 9.17) is 0 Å². The van der Waals surface area contributed by atoms with E-state index in [0.29, 0.717) is 11.8 Å². The van der Waals surface area contributed by atoms with Crippen LogP contribution in [0, 0.1) is 11.3 Å². The molecule has 3 heteroatoms. The van der Waals surface area contributed by atoms with E-state index in [1.165, 1.54) is 12.8 Å². The number of piperidine rings is 1. The molecule has 1 heterocycles. The first-order chi connectivity index (χ1) is 9.63. The summed E-state index contributed by atoms with van der Waals surface area (Å²) < 4.78 is 0. The number of carbonyl (C=O) groups is 1. The zero-order chi connectivity index (χ0) is 15.0. The maximum absolute atomic E-state index is 13.1. The van der Waals surface area contributed by atoms with Crippen molar-refractivity contribution in [1.29, 1.82) is 0 Å². The van der Waals surface area contributed by atoms with Crippen molar-refractivity contribution in [2.24, 2.45) is 11.3 Å². The van der Waals surface area contributed by atoms with Gasteiger partial charge in [0.15, 0.2) is 0 Å². The number of rotatable bonds is 8. The van der Waals surface area contributed by atoms with Gasteiger partial charge in [-0.05, 0) is 45.2 Å². The lowest BCUT2D eigenvalue weighted by molar-refractivity contribution is -0.145. The first-order valence-electron chi connectivity index (χ1n) is 8.63. The van der Waals surface area contributed by atoms with Gasteiger partial charge in [-0.2, -0.15) is 0 Å². The molecule has 20 heavy (non-hydrogen) atoms. The fourth-order valence-corrected chi connectivity index (χ4v) is 3.50.